The Morgan fingerprint density at radius 3 is 1.84 bits per heavy atom. The third-order valence-corrected chi connectivity index (χ3v) is 6.90. The third kappa shape index (κ3) is 4.00. The number of anilines is 3. The lowest BCUT2D eigenvalue weighted by molar-refractivity contribution is 0.668. The van der Waals surface area contributed by atoms with Crippen molar-refractivity contribution in [3.63, 3.8) is 0 Å². The molecule has 2 heterocycles. The van der Waals surface area contributed by atoms with Gasteiger partial charge in [0.15, 0.2) is 5.58 Å². The zero-order valence-electron chi connectivity index (χ0n) is 20.7. The van der Waals surface area contributed by atoms with Crippen LogP contribution in [-0.2, 0) is 0 Å². The molecule has 0 N–H and O–H groups in total. The minimum absolute atomic E-state index is 0.772. The Balaban J connectivity index is 1.38. The average Bonchev–Trinajstić information content (AvgIpc) is 3.37. The van der Waals surface area contributed by atoms with Gasteiger partial charge in [0.05, 0.1) is 11.9 Å². The van der Waals surface area contributed by atoms with E-state index < -0.39 is 0 Å². The Morgan fingerprint density at radius 2 is 1.08 bits per heavy atom. The van der Waals surface area contributed by atoms with E-state index in [1.165, 1.54) is 16.7 Å². The molecular formula is C35H24N2O. The number of fused-ring (bicyclic) bond motifs is 3. The van der Waals surface area contributed by atoms with Crippen LogP contribution in [0.15, 0.2) is 150 Å². The molecule has 0 aliphatic rings. The van der Waals surface area contributed by atoms with Crippen LogP contribution in [0.1, 0.15) is 0 Å². The molecule has 5 aromatic carbocycles. The molecule has 0 unspecified atom stereocenters. The number of hydrogen-bond acceptors (Lipinski definition) is 3. The van der Waals surface area contributed by atoms with Gasteiger partial charge < -0.3 is 9.32 Å². The van der Waals surface area contributed by atoms with Crippen LogP contribution in [0.3, 0.4) is 0 Å². The highest BCUT2D eigenvalue weighted by Crippen LogP contribution is 2.39. The zero-order chi connectivity index (χ0) is 25.3. The van der Waals surface area contributed by atoms with Crippen molar-refractivity contribution in [2.75, 3.05) is 4.90 Å². The largest absolute Gasteiger partial charge is 0.454 e. The number of aromatic nitrogens is 1. The lowest BCUT2D eigenvalue weighted by Crippen LogP contribution is -2.10. The first kappa shape index (κ1) is 22.1. The van der Waals surface area contributed by atoms with E-state index in [4.69, 9.17) is 9.40 Å². The molecule has 0 radical (unpaired) electrons. The van der Waals surface area contributed by atoms with Crippen molar-refractivity contribution in [3.8, 4) is 22.3 Å². The fourth-order valence-corrected chi connectivity index (χ4v) is 5.04. The summed E-state index contributed by atoms with van der Waals surface area (Å²) in [7, 11) is 0. The molecule has 0 bridgehead atoms. The molecule has 38 heavy (non-hydrogen) atoms. The predicted octanol–water partition coefficient (Wildman–Crippen LogP) is 9.78. The second-order valence-electron chi connectivity index (χ2n) is 9.30. The van der Waals surface area contributed by atoms with Gasteiger partial charge in [-0.2, -0.15) is 0 Å². The standard InChI is InChI=1S/C35H24N2O/c1-3-10-25(11-4-1)27-18-20-29(21-19-27)37(30-15-9-14-28(22-30)26-12-5-2-6-13-26)31-23-34-35(36-24-31)32-16-7-8-17-33(32)38-34/h1-24H. The number of nitrogens with zero attached hydrogens (tertiary/aromatic N) is 2. The molecule has 2 aromatic heterocycles. The molecule has 0 fully saturated rings. The first-order chi connectivity index (χ1) is 18.8. The highest BCUT2D eigenvalue weighted by Gasteiger charge is 2.17. The Bertz CT molecular complexity index is 1860. The second-order valence-corrected chi connectivity index (χ2v) is 9.30. The summed E-state index contributed by atoms with van der Waals surface area (Å²) in [4.78, 5) is 7.09. The van der Waals surface area contributed by atoms with Gasteiger partial charge in [0.25, 0.3) is 0 Å². The van der Waals surface area contributed by atoms with E-state index >= 15 is 0 Å². The summed E-state index contributed by atoms with van der Waals surface area (Å²) in [5, 5.41) is 1.03. The van der Waals surface area contributed by atoms with E-state index in [9.17, 15) is 0 Å². The van der Waals surface area contributed by atoms with Gasteiger partial charge in [-0.3, -0.25) is 0 Å². The van der Waals surface area contributed by atoms with Crippen molar-refractivity contribution < 1.29 is 4.42 Å². The fraction of sp³-hybridized carbons (Fsp3) is 0. The van der Waals surface area contributed by atoms with Gasteiger partial charge in [0.1, 0.15) is 11.1 Å². The van der Waals surface area contributed by atoms with Gasteiger partial charge in [-0.1, -0.05) is 97.1 Å². The summed E-state index contributed by atoms with van der Waals surface area (Å²) in [6.07, 6.45) is 1.94. The Kier molecular flexibility index (Phi) is 5.45. The highest BCUT2D eigenvalue weighted by atomic mass is 16.3. The molecule has 7 aromatic rings. The number of pyridine rings is 1. The van der Waals surface area contributed by atoms with Gasteiger partial charge in [-0.15, -0.1) is 0 Å². The predicted molar refractivity (Wildman–Crippen MR) is 157 cm³/mol. The normalized spacial score (nSPS) is 11.2. The number of para-hydroxylation sites is 1. The molecule has 7 rings (SSSR count). The molecule has 0 saturated heterocycles. The molecular weight excluding hydrogens is 464 g/mol. The molecule has 0 saturated carbocycles. The maximum absolute atomic E-state index is 6.20. The van der Waals surface area contributed by atoms with Crippen LogP contribution in [-0.4, -0.2) is 4.98 Å². The Morgan fingerprint density at radius 1 is 0.447 bits per heavy atom. The summed E-state index contributed by atoms with van der Waals surface area (Å²) in [6, 6.07) is 48.3. The summed E-state index contributed by atoms with van der Waals surface area (Å²) in [6.45, 7) is 0. The van der Waals surface area contributed by atoms with Crippen molar-refractivity contribution in [3.05, 3.63) is 146 Å². The quantitative estimate of drug-likeness (QED) is 0.241. The number of furan rings is 1. The maximum Gasteiger partial charge on any atom is 0.155 e. The van der Waals surface area contributed by atoms with Gasteiger partial charge in [0, 0.05) is 22.8 Å². The molecule has 0 spiro atoms. The monoisotopic (exact) mass is 488 g/mol. The molecule has 3 heteroatoms. The molecule has 3 nitrogen and oxygen atoms in total. The van der Waals surface area contributed by atoms with E-state index in [1.54, 1.807) is 0 Å². The zero-order valence-corrected chi connectivity index (χ0v) is 20.7. The van der Waals surface area contributed by atoms with E-state index in [2.05, 4.69) is 114 Å². The Labute approximate surface area is 221 Å². The number of hydrogen-bond donors (Lipinski definition) is 0. The van der Waals surface area contributed by atoms with E-state index in [0.29, 0.717) is 0 Å². The summed E-state index contributed by atoms with van der Waals surface area (Å²) >= 11 is 0. The minimum Gasteiger partial charge on any atom is -0.454 e. The van der Waals surface area contributed by atoms with Crippen molar-refractivity contribution >= 4 is 39.1 Å². The van der Waals surface area contributed by atoms with Crippen LogP contribution < -0.4 is 4.90 Å². The van der Waals surface area contributed by atoms with Crippen LogP contribution in [0.4, 0.5) is 17.1 Å². The first-order valence-electron chi connectivity index (χ1n) is 12.7. The Hall–Kier alpha value is -5.15. The minimum atomic E-state index is 0.772. The smallest absolute Gasteiger partial charge is 0.155 e. The summed E-state index contributed by atoms with van der Waals surface area (Å²) < 4.78 is 6.20. The maximum atomic E-state index is 6.20. The SMILES string of the molecule is c1ccc(-c2ccc(N(c3cccc(-c4ccccc4)c3)c3cnc4c(c3)oc3ccccc34)cc2)cc1. The molecule has 0 aliphatic heterocycles. The lowest BCUT2D eigenvalue weighted by atomic mass is 10.0. The van der Waals surface area contributed by atoms with Crippen molar-refractivity contribution in [1.82, 2.24) is 4.98 Å². The highest BCUT2D eigenvalue weighted by molar-refractivity contribution is 6.03. The topological polar surface area (TPSA) is 29.3 Å². The first-order valence-corrected chi connectivity index (χ1v) is 12.7. The number of benzene rings is 5. The second kappa shape index (κ2) is 9.38. The van der Waals surface area contributed by atoms with Crippen LogP contribution in [0, 0.1) is 0 Å². The lowest BCUT2D eigenvalue weighted by Gasteiger charge is -2.26. The molecule has 0 atom stereocenters. The van der Waals surface area contributed by atoms with Crippen molar-refractivity contribution in [2.24, 2.45) is 0 Å². The number of rotatable bonds is 5. The summed E-state index contributed by atoms with van der Waals surface area (Å²) in [5.41, 5.74) is 10.2. The van der Waals surface area contributed by atoms with E-state index in [1.807, 2.05) is 36.5 Å². The van der Waals surface area contributed by atoms with Gasteiger partial charge in [-0.25, -0.2) is 4.98 Å². The van der Waals surface area contributed by atoms with Crippen LogP contribution >= 0.6 is 0 Å². The fourth-order valence-electron chi connectivity index (χ4n) is 5.04. The molecule has 0 amide bonds. The van der Waals surface area contributed by atoms with Gasteiger partial charge in [0.2, 0.25) is 0 Å². The van der Waals surface area contributed by atoms with Crippen molar-refractivity contribution in [1.29, 1.82) is 0 Å². The average molecular weight is 489 g/mol. The van der Waals surface area contributed by atoms with Crippen LogP contribution in [0.2, 0.25) is 0 Å². The van der Waals surface area contributed by atoms with Gasteiger partial charge in [-0.05, 0) is 58.7 Å². The third-order valence-electron chi connectivity index (χ3n) is 6.90. The van der Waals surface area contributed by atoms with Crippen LogP contribution in [0.5, 0.6) is 0 Å². The molecule has 0 aliphatic carbocycles. The van der Waals surface area contributed by atoms with Crippen molar-refractivity contribution in [2.45, 2.75) is 0 Å². The summed E-state index contributed by atoms with van der Waals surface area (Å²) in [5.74, 6) is 0. The van der Waals surface area contributed by atoms with E-state index in [-0.39, 0.29) is 0 Å². The van der Waals surface area contributed by atoms with E-state index in [0.717, 1.165) is 44.7 Å². The van der Waals surface area contributed by atoms with Gasteiger partial charge >= 0.3 is 0 Å². The molecule has 180 valence electrons. The van der Waals surface area contributed by atoms with Crippen LogP contribution in [0.25, 0.3) is 44.3 Å².